The number of rotatable bonds is 5. The van der Waals surface area contributed by atoms with Gasteiger partial charge in [0.25, 0.3) is 5.91 Å². The van der Waals surface area contributed by atoms with Crippen LogP contribution in [0.5, 0.6) is 11.5 Å². The number of ether oxygens (including phenoxy) is 2. The van der Waals surface area contributed by atoms with Crippen LogP contribution in [0.2, 0.25) is 0 Å². The molecule has 1 saturated heterocycles. The predicted octanol–water partition coefficient (Wildman–Crippen LogP) is 3.38. The van der Waals surface area contributed by atoms with E-state index in [9.17, 15) is 4.79 Å². The number of piperazine rings is 1. The van der Waals surface area contributed by atoms with Gasteiger partial charge in [0.15, 0.2) is 5.65 Å². The van der Waals surface area contributed by atoms with Crippen molar-refractivity contribution in [1.82, 2.24) is 19.3 Å². The van der Waals surface area contributed by atoms with E-state index in [-0.39, 0.29) is 5.91 Å². The molecule has 8 heteroatoms. The van der Waals surface area contributed by atoms with E-state index in [4.69, 9.17) is 9.47 Å². The van der Waals surface area contributed by atoms with Crippen LogP contribution in [0.4, 0.5) is 5.69 Å². The van der Waals surface area contributed by atoms with Gasteiger partial charge in [0.2, 0.25) is 0 Å². The molecule has 8 nitrogen and oxygen atoms in total. The van der Waals surface area contributed by atoms with Crippen molar-refractivity contribution in [2.24, 2.45) is 0 Å². The molecule has 1 aliphatic rings. The highest BCUT2D eigenvalue weighted by Crippen LogP contribution is 2.25. The zero-order valence-corrected chi connectivity index (χ0v) is 18.6. The van der Waals surface area contributed by atoms with Gasteiger partial charge in [0, 0.05) is 56.0 Å². The van der Waals surface area contributed by atoms with E-state index in [1.807, 2.05) is 64.0 Å². The molecule has 2 aromatic heterocycles. The molecule has 1 aliphatic heterocycles. The molecule has 33 heavy (non-hydrogen) atoms. The molecule has 4 aromatic rings. The summed E-state index contributed by atoms with van der Waals surface area (Å²) in [5.74, 6) is 1.55. The lowest BCUT2D eigenvalue weighted by Crippen LogP contribution is -2.48. The van der Waals surface area contributed by atoms with Crippen LogP contribution in [0.15, 0.2) is 67.1 Å². The number of hydrogen-bond donors (Lipinski definition) is 0. The Hall–Kier alpha value is -4.07. The molecule has 2 aromatic carbocycles. The lowest BCUT2D eigenvalue weighted by Gasteiger charge is -2.35. The minimum Gasteiger partial charge on any atom is -0.497 e. The standard InChI is InChI=1S/C25H25N5O3/c1-32-20-7-3-18(4-8-20)23-24-27-22(17-30(24)12-11-26-23)25(31)29-15-13-28(14-16-29)19-5-9-21(33-2)10-6-19/h3-12,17H,13-16H2,1-2H3. The lowest BCUT2D eigenvalue weighted by molar-refractivity contribution is 0.0741. The average molecular weight is 444 g/mol. The average Bonchev–Trinajstić information content (AvgIpc) is 3.33. The molecule has 0 atom stereocenters. The number of anilines is 1. The Labute approximate surface area is 192 Å². The molecule has 0 spiro atoms. The van der Waals surface area contributed by atoms with Crippen LogP contribution in [0.3, 0.4) is 0 Å². The first-order valence-electron chi connectivity index (χ1n) is 10.8. The Kier molecular flexibility index (Phi) is 5.56. The third-order valence-corrected chi connectivity index (χ3v) is 5.96. The number of hydrogen-bond acceptors (Lipinski definition) is 6. The molecule has 0 N–H and O–H groups in total. The van der Waals surface area contributed by atoms with Gasteiger partial charge in [-0.1, -0.05) is 0 Å². The van der Waals surface area contributed by atoms with Crippen LogP contribution in [0.1, 0.15) is 10.5 Å². The highest BCUT2D eigenvalue weighted by Gasteiger charge is 2.25. The molecule has 0 bridgehead atoms. The number of amides is 1. The molecule has 3 heterocycles. The van der Waals surface area contributed by atoms with Crippen molar-refractivity contribution < 1.29 is 14.3 Å². The lowest BCUT2D eigenvalue weighted by atomic mass is 10.1. The van der Waals surface area contributed by atoms with Crippen molar-refractivity contribution in [3.63, 3.8) is 0 Å². The fraction of sp³-hybridized carbons (Fsp3) is 0.240. The van der Waals surface area contributed by atoms with E-state index in [1.165, 1.54) is 0 Å². The number of carbonyl (C=O) groups excluding carboxylic acids is 1. The molecule has 168 valence electrons. The molecule has 1 fully saturated rings. The quantitative estimate of drug-likeness (QED) is 0.471. The van der Waals surface area contributed by atoms with Gasteiger partial charge in [0.1, 0.15) is 22.9 Å². The number of aromatic nitrogens is 3. The first-order valence-corrected chi connectivity index (χ1v) is 10.8. The van der Waals surface area contributed by atoms with Crippen LogP contribution < -0.4 is 14.4 Å². The topological polar surface area (TPSA) is 72.2 Å². The van der Waals surface area contributed by atoms with Crippen LogP contribution in [0, 0.1) is 0 Å². The second-order valence-electron chi connectivity index (χ2n) is 7.84. The first-order chi connectivity index (χ1) is 16.2. The SMILES string of the molecule is COc1ccc(-c2nccn3cc(C(=O)N4CCN(c5ccc(OC)cc5)CC4)nc23)cc1. The van der Waals surface area contributed by atoms with Crippen LogP contribution >= 0.6 is 0 Å². The molecular formula is C25H25N5O3. The van der Waals surface area contributed by atoms with Crippen molar-refractivity contribution in [3.8, 4) is 22.8 Å². The van der Waals surface area contributed by atoms with Gasteiger partial charge in [-0.05, 0) is 48.5 Å². The Morgan fingerprint density at radius 3 is 2.15 bits per heavy atom. The Bertz CT molecular complexity index is 1260. The van der Waals surface area contributed by atoms with Crippen LogP contribution in [-0.2, 0) is 0 Å². The maximum absolute atomic E-state index is 13.2. The molecule has 0 aliphatic carbocycles. The van der Waals surface area contributed by atoms with E-state index in [0.29, 0.717) is 24.4 Å². The number of benzene rings is 2. The molecule has 0 unspecified atom stereocenters. The highest BCUT2D eigenvalue weighted by molar-refractivity contribution is 5.94. The van der Waals surface area contributed by atoms with E-state index < -0.39 is 0 Å². The monoisotopic (exact) mass is 443 g/mol. The van der Waals surface area contributed by atoms with Crippen molar-refractivity contribution in [3.05, 3.63) is 72.8 Å². The fourth-order valence-electron chi connectivity index (χ4n) is 4.10. The van der Waals surface area contributed by atoms with E-state index in [0.717, 1.165) is 41.5 Å². The zero-order valence-electron chi connectivity index (χ0n) is 18.6. The second kappa shape index (κ2) is 8.82. The molecular weight excluding hydrogens is 418 g/mol. The largest absolute Gasteiger partial charge is 0.497 e. The maximum Gasteiger partial charge on any atom is 0.274 e. The maximum atomic E-state index is 13.2. The number of methoxy groups -OCH3 is 2. The van der Waals surface area contributed by atoms with Gasteiger partial charge in [-0.2, -0.15) is 0 Å². The summed E-state index contributed by atoms with van der Waals surface area (Å²) in [6, 6.07) is 15.7. The van der Waals surface area contributed by atoms with Crippen molar-refractivity contribution >= 4 is 17.2 Å². The molecule has 0 radical (unpaired) electrons. The van der Waals surface area contributed by atoms with Gasteiger partial charge >= 0.3 is 0 Å². The number of imidazole rings is 1. The summed E-state index contributed by atoms with van der Waals surface area (Å²) in [5.41, 5.74) is 3.85. The van der Waals surface area contributed by atoms with E-state index in [2.05, 4.69) is 14.9 Å². The highest BCUT2D eigenvalue weighted by atomic mass is 16.5. The second-order valence-corrected chi connectivity index (χ2v) is 7.84. The normalized spacial score (nSPS) is 13.9. The summed E-state index contributed by atoms with van der Waals surface area (Å²) in [6.07, 6.45) is 5.31. The predicted molar refractivity (Wildman–Crippen MR) is 126 cm³/mol. The molecule has 5 rings (SSSR count). The minimum absolute atomic E-state index is 0.0613. The Morgan fingerprint density at radius 2 is 1.52 bits per heavy atom. The van der Waals surface area contributed by atoms with E-state index >= 15 is 0 Å². The van der Waals surface area contributed by atoms with Gasteiger partial charge < -0.3 is 23.7 Å². The third-order valence-electron chi connectivity index (χ3n) is 5.96. The van der Waals surface area contributed by atoms with Crippen LogP contribution in [0.25, 0.3) is 16.9 Å². The summed E-state index contributed by atoms with van der Waals surface area (Å²) in [6.45, 7) is 2.82. The van der Waals surface area contributed by atoms with Crippen LogP contribution in [-0.4, -0.2) is 65.6 Å². The number of carbonyl (C=O) groups is 1. The summed E-state index contributed by atoms with van der Waals surface area (Å²) in [4.78, 5) is 26.5. The van der Waals surface area contributed by atoms with Gasteiger partial charge in [0.05, 0.1) is 14.2 Å². The summed E-state index contributed by atoms with van der Waals surface area (Å²) in [7, 11) is 3.30. The van der Waals surface area contributed by atoms with Gasteiger partial charge in [-0.3, -0.25) is 9.78 Å². The summed E-state index contributed by atoms with van der Waals surface area (Å²) >= 11 is 0. The smallest absolute Gasteiger partial charge is 0.274 e. The number of nitrogens with zero attached hydrogens (tertiary/aromatic N) is 5. The molecule has 0 saturated carbocycles. The first kappa shape index (κ1) is 20.8. The number of fused-ring (bicyclic) bond motifs is 1. The third kappa shape index (κ3) is 4.07. The summed E-state index contributed by atoms with van der Waals surface area (Å²) in [5, 5.41) is 0. The van der Waals surface area contributed by atoms with Crippen molar-refractivity contribution in [1.29, 1.82) is 0 Å². The van der Waals surface area contributed by atoms with Gasteiger partial charge in [-0.15, -0.1) is 0 Å². The van der Waals surface area contributed by atoms with Crippen molar-refractivity contribution in [2.45, 2.75) is 0 Å². The minimum atomic E-state index is -0.0613. The van der Waals surface area contributed by atoms with Gasteiger partial charge in [-0.25, -0.2) is 4.98 Å². The Balaban J connectivity index is 1.32. The summed E-state index contributed by atoms with van der Waals surface area (Å²) < 4.78 is 12.3. The zero-order chi connectivity index (χ0) is 22.8. The van der Waals surface area contributed by atoms with Crippen molar-refractivity contribution in [2.75, 3.05) is 45.3 Å². The van der Waals surface area contributed by atoms with E-state index in [1.54, 1.807) is 26.6 Å². The fourth-order valence-corrected chi connectivity index (χ4v) is 4.10. The Morgan fingerprint density at radius 1 is 0.879 bits per heavy atom. The molecule has 1 amide bonds.